The predicted octanol–water partition coefficient (Wildman–Crippen LogP) is 1.37. The van der Waals surface area contributed by atoms with E-state index in [1.165, 1.54) is 14.2 Å². The van der Waals surface area contributed by atoms with Crippen LogP contribution in [0.2, 0.25) is 0 Å². The van der Waals surface area contributed by atoms with Gasteiger partial charge in [-0.25, -0.2) is 0 Å². The summed E-state index contributed by atoms with van der Waals surface area (Å²) in [5.74, 6) is -0.00123. The number of fused-ring (bicyclic) bond motifs is 1. The summed E-state index contributed by atoms with van der Waals surface area (Å²) in [6.45, 7) is -0.474. The first-order valence-electron chi connectivity index (χ1n) is 7.60. The molecule has 8 heteroatoms. The molecule has 1 aliphatic heterocycles. The van der Waals surface area contributed by atoms with Crippen LogP contribution in [0.3, 0.4) is 0 Å². The van der Waals surface area contributed by atoms with E-state index in [0.717, 1.165) is 6.07 Å². The third-order valence-electron chi connectivity index (χ3n) is 3.99. The minimum absolute atomic E-state index is 0.0509. The lowest BCUT2D eigenvalue weighted by atomic mass is 9.87. The summed E-state index contributed by atoms with van der Waals surface area (Å²) in [5.41, 5.74) is 5.98. The SMILES string of the molecule is COc1cc(OC)cc([C@H]2C(C#N)=C(N)Oc3c2oc(CO)cc3=O)c1. The van der Waals surface area contributed by atoms with E-state index in [4.69, 9.17) is 24.4 Å². The largest absolute Gasteiger partial charge is 0.497 e. The fourth-order valence-electron chi connectivity index (χ4n) is 2.79. The molecule has 134 valence electrons. The topological polar surface area (TPSA) is 128 Å². The van der Waals surface area contributed by atoms with Gasteiger partial charge in [0.2, 0.25) is 17.1 Å². The number of allylic oxidation sites excluding steroid dienone is 1. The van der Waals surface area contributed by atoms with Crippen molar-refractivity contribution in [2.75, 3.05) is 14.2 Å². The molecule has 1 aromatic carbocycles. The molecule has 1 atom stereocenters. The van der Waals surface area contributed by atoms with Crippen LogP contribution in [0, 0.1) is 11.3 Å². The second kappa shape index (κ2) is 6.82. The molecule has 2 heterocycles. The quantitative estimate of drug-likeness (QED) is 0.840. The molecular formula is C18H16N2O6. The molecule has 26 heavy (non-hydrogen) atoms. The molecule has 3 rings (SSSR count). The van der Waals surface area contributed by atoms with E-state index in [-0.39, 0.29) is 28.7 Å². The highest BCUT2D eigenvalue weighted by Gasteiger charge is 2.35. The summed E-state index contributed by atoms with van der Waals surface area (Å²) < 4.78 is 21.5. The molecule has 1 aromatic heterocycles. The molecule has 0 unspecified atom stereocenters. The van der Waals surface area contributed by atoms with Gasteiger partial charge in [-0.15, -0.1) is 0 Å². The predicted molar refractivity (Wildman–Crippen MR) is 89.7 cm³/mol. The van der Waals surface area contributed by atoms with Gasteiger partial charge in [-0.05, 0) is 17.7 Å². The maximum absolute atomic E-state index is 12.3. The number of rotatable bonds is 4. The summed E-state index contributed by atoms with van der Waals surface area (Å²) in [4.78, 5) is 12.3. The van der Waals surface area contributed by atoms with Crippen LogP contribution in [-0.2, 0) is 6.61 Å². The third kappa shape index (κ3) is 2.85. The van der Waals surface area contributed by atoms with E-state index in [2.05, 4.69) is 0 Å². The first-order chi connectivity index (χ1) is 12.5. The number of benzene rings is 1. The number of aliphatic hydroxyl groups excluding tert-OH is 1. The average molecular weight is 356 g/mol. The molecule has 0 saturated carbocycles. The van der Waals surface area contributed by atoms with Crippen molar-refractivity contribution in [1.29, 1.82) is 5.26 Å². The van der Waals surface area contributed by atoms with Crippen molar-refractivity contribution in [1.82, 2.24) is 0 Å². The van der Waals surface area contributed by atoms with Gasteiger partial charge in [-0.2, -0.15) is 5.26 Å². The van der Waals surface area contributed by atoms with Crippen molar-refractivity contribution in [3.05, 3.63) is 63.0 Å². The third-order valence-corrected chi connectivity index (χ3v) is 3.99. The summed E-state index contributed by atoms with van der Waals surface area (Å²) in [5, 5.41) is 18.9. The number of nitriles is 1. The van der Waals surface area contributed by atoms with Gasteiger partial charge >= 0.3 is 0 Å². The Morgan fingerprint density at radius 3 is 2.42 bits per heavy atom. The Morgan fingerprint density at radius 1 is 1.23 bits per heavy atom. The van der Waals surface area contributed by atoms with Gasteiger partial charge in [0, 0.05) is 12.1 Å². The lowest BCUT2D eigenvalue weighted by Gasteiger charge is -2.25. The maximum atomic E-state index is 12.3. The lowest BCUT2D eigenvalue weighted by molar-refractivity contribution is 0.231. The molecule has 0 aliphatic carbocycles. The first-order valence-corrected chi connectivity index (χ1v) is 7.60. The van der Waals surface area contributed by atoms with E-state index in [0.29, 0.717) is 17.1 Å². The Morgan fingerprint density at radius 2 is 1.88 bits per heavy atom. The number of hydrogen-bond acceptors (Lipinski definition) is 8. The first kappa shape index (κ1) is 17.4. The Balaban J connectivity index is 2.31. The molecular weight excluding hydrogens is 340 g/mol. The van der Waals surface area contributed by atoms with Crippen molar-refractivity contribution in [2.45, 2.75) is 12.5 Å². The van der Waals surface area contributed by atoms with Crippen molar-refractivity contribution in [3.63, 3.8) is 0 Å². The van der Waals surface area contributed by atoms with Crippen molar-refractivity contribution in [2.24, 2.45) is 5.73 Å². The zero-order valence-corrected chi connectivity index (χ0v) is 14.1. The molecule has 0 amide bonds. The number of ether oxygens (including phenoxy) is 3. The fourth-order valence-corrected chi connectivity index (χ4v) is 2.79. The van der Waals surface area contributed by atoms with Crippen LogP contribution in [0.1, 0.15) is 23.0 Å². The smallest absolute Gasteiger partial charge is 0.228 e. The van der Waals surface area contributed by atoms with Gasteiger partial charge in [-0.3, -0.25) is 4.79 Å². The highest BCUT2D eigenvalue weighted by molar-refractivity contribution is 5.54. The van der Waals surface area contributed by atoms with Crippen LogP contribution >= 0.6 is 0 Å². The van der Waals surface area contributed by atoms with Gasteiger partial charge in [-0.1, -0.05) is 0 Å². The fraction of sp³-hybridized carbons (Fsp3) is 0.222. The van der Waals surface area contributed by atoms with E-state index in [9.17, 15) is 15.2 Å². The van der Waals surface area contributed by atoms with Gasteiger partial charge in [0.25, 0.3) is 0 Å². The number of nitrogens with two attached hydrogens (primary N) is 1. The summed E-state index contributed by atoms with van der Waals surface area (Å²) in [6.07, 6.45) is 0. The van der Waals surface area contributed by atoms with Crippen LogP contribution in [0.25, 0.3) is 0 Å². The van der Waals surface area contributed by atoms with Gasteiger partial charge in [0.15, 0.2) is 5.76 Å². The molecule has 2 aromatic rings. The van der Waals surface area contributed by atoms with Gasteiger partial charge in [0.1, 0.15) is 35.5 Å². The summed E-state index contributed by atoms with van der Waals surface area (Å²) >= 11 is 0. The molecule has 0 spiro atoms. The minimum atomic E-state index is -0.813. The summed E-state index contributed by atoms with van der Waals surface area (Å²) in [6, 6.07) is 8.14. The standard InChI is InChI=1S/C18H16N2O6/c1-23-10-3-9(4-11(5-10)24-2)15-13(7-19)18(20)26-16-14(22)6-12(8-21)25-17(15)16/h3-6,15,21H,8,20H2,1-2H3/t15-/m0/s1. The highest BCUT2D eigenvalue weighted by Crippen LogP contribution is 2.42. The normalized spacial score (nSPS) is 15.7. The van der Waals surface area contributed by atoms with Crippen molar-refractivity contribution >= 4 is 0 Å². The van der Waals surface area contributed by atoms with Crippen molar-refractivity contribution in [3.8, 4) is 23.3 Å². The highest BCUT2D eigenvalue weighted by atomic mass is 16.5. The number of methoxy groups -OCH3 is 2. The second-order valence-electron chi connectivity index (χ2n) is 5.50. The van der Waals surface area contributed by atoms with E-state index in [1.54, 1.807) is 18.2 Å². The molecule has 0 saturated heterocycles. The molecule has 3 N–H and O–H groups in total. The van der Waals surface area contributed by atoms with Crippen molar-refractivity contribution < 1.29 is 23.7 Å². The molecule has 8 nitrogen and oxygen atoms in total. The minimum Gasteiger partial charge on any atom is -0.497 e. The average Bonchev–Trinajstić information content (AvgIpc) is 2.66. The van der Waals surface area contributed by atoms with Crippen LogP contribution < -0.4 is 25.4 Å². The molecule has 1 aliphatic rings. The molecule has 0 radical (unpaired) electrons. The van der Waals surface area contributed by atoms with E-state index in [1.807, 2.05) is 6.07 Å². The summed E-state index contributed by atoms with van der Waals surface area (Å²) in [7, 11) is 2.99. The van der Waals surface area contributed by atoms with Gasteiger partial charge < -0.3 is 29.5 Å². The van der Waals surface area contributed by atoms with Crippen LogP contribution in [-0.4, -0.2) is 19.3 Å². The Kier molecular flexibility index (Phi) is 4.56. The van der Waals surface area contributed by atoms with E-state index < -0.39 is 18.0 Å². The maximum Gasteiger partial charge on any atom is 0.228 e. The Hall–Kier alpha value is -3.44. The van der Waals surface area contributed by atoms with Crippen LogP contribution in [0.15, 0.2) is 44.9 Å². The van der Waals surface area contributed by atoms with Crippen LogP contribution in [0.5, 0.6) is 17.2 Å². The van der Waals surface area contributed by atoms with E-state index >= 15 is 0 Å². The number of nitrogens with zero attached hydrogens (tertiary/aromatic N) is 1. The molecule has 0 fully saturated rings. The zero-order valence-electron chi connectivity index (χ0n) is 14.1. The number of aliphatic hydroxyl groups is 1. The lowest BCUT2D eigenvalue weighted by Crippen LogP contribution is -2.25. The monoisotopic (exact) mass is 356 g/mol. The van der Waals surface area contributed by atoms with Crippen LogP contribution in [0.4, 0.5) is 0 Å². The number of hydrogen-bond donors (Lipinski definition) is 2. The zero-order chi connectivity index (χ0) is 18.8. The van der Waals surface area contributed by atoms with Gasteiger partial charge in [0.05, 0.1) is 20.1 Å². The molecule has 0 bridgehead atoms. The Bertz CT molecular complexity index is 964. The Labute approximate surface area is 148 Å². The second-order valence-corrected chi connectivity index (χ2v) is 5.50.